The van der Waals surface area contributed by atoms with E-state index in [0.29, 0.717) is 18.1 Å². The maximum absolute atomic E-state index is 9.63. The number of nitrogens with zero attached hydrogens (tertiary/aromatic N) is 2. The maximum Gasteiger partial charge on any atom is 0.244 e. The monoisotopic (exact) mass is 324 g/mol. The number of fused-ring (bicyclic) bond motifs is 1. The van der Waals surface area contributed by atoms with Crippen LogP contribution >= 0.6 is 0 Å². The van der Waals surface area contributed by atoms with Gasteiger partial charge in [-0.2, -0.15) is 5.26 Å². The van der Waals surface area contributed by atoms with Crippen LogP contribution in [0.4, 0.5) is 0 Å². The lowest BCUT2D eigenvalue weighted by Gasteiger charge is -2.25. The third-order valence-corrected chi connectivity index (χ3v) is 4.05. The molecule has 0 amide bonds. The SMILES string of the molecule is CCOc1cccc([C@H]2C(C#N)=C(N)Oc3n[nH]c(C(C)C)c32)c1. The van der Waals surface area contributed by atoms with Crippen molar-refractivity contribution in [3.05, 3.63) is 52.5 Å². The third-order valence-electron chi connectivity index (χ3n) is 4.05. The molecule has 3 rings (SSSR count). The van der Waals surface area contributed by atoms with E-state index in [1.807, 2.05) is 31.2 Å². The van der Waals surface area contributed by atoms with Crippen LogP contribution in [0.5, 0.6) is 11.6 Å². The van der Waals surface area contributed by atoms with Crippen LogP contribution in [0.3, 0.4) is 0 Å². The van der Waals surface area contributed by atoms with E-state index in [2.05, 4.69) is 30.1 Å². The molecule has 0 saturated carbocycles. The van der Waals surface area contributed by atoms with Gasteiger partial charge in [-0.05, 0) is 30.5 Å². The quantitative estimate of drug-likeness (QED) is 0.900. The molecule has 0 bridgehead atoms. The summed E-state index contributed by atoms with van der Waals surface area (Å²) in [5.74, 6) is 1.17. The van der Waals surface area contributed by atoms with Crippen molar-refractivity contribution < 1.29 is 9.47 Å². The lowest BCUT2D eigenvalue weighted by molar-refractivity contribution is 0.339. The van der Waals surface area contributed by atoms with E-state index >= 15 is 0 Å². The van der Waals surface area contributed by atoms with Gasteiger partial charge in [-0.1, -0.05) is 26.0 Å². The van der Waals surface area contributed by atoms with E-state index < -0.39 is 0 Å². The molecule has 24 heavy (non-hydrogen) atoms. The second kappa shape index (κ2) is 6.28. The fraction of sp³-hybridized carbons (Fsp3) is 0.333. The van der Waals surface area contributed by atoms with Gasteiger partial charge in [0.25, 0.3) is 0 Å². The normalized spacial score (nSPS) is 16.5. The zero-order valence-corrected chi connectivity index (χ0v) is 14.0. The molecule has 0 spiro atoms. The van der Waals surface area contributed by atoms with Crippen LogP contribution < -0.4 is 15.2 Å². The number of nitriles is 1. The van der Waals surface area contributed by atoms with Gasteiger partial charge in [0, 0.05) is 5.69 Å². The number of benzene rings is 1. The highest BCUT2D eigenvalue weighted by Gasteiger charge is 2.35. The smallest absolute Gasteiger partial charge is 0.244 e. The first-order chi connectivity index (χ1) is 11.6. The maximum atomic E-state index is 9.63. The molecule has 0 saturated heterocycles. The van der Waals surface area contributed by atoms with Gasteiger partial charge in [0.1, 0.15) is 17.4 Å². The van der Waals surface area contributed by atoms with E-state index in [9.17, 15) is 5.26 Å². The number of H-pyrrole nitrogens is 1. The Hall–Kier alpha value is -2.94. The van der Waals surface area contributed by atoms with Gasteiger partial charge in [-0.3, -0.25) is 5.10 Å². The summed E-state index contributed by atoms with van der Waals surface area (Å²) in [4.78, 5) is 0. The van der Waals surface area contributed by atoms with Gasteiger partial charge in [-0.25, -0.2) is 0 Å². The van der Waals surface area contributed by atoms with Gasteiger partial charge < -0.3 is 15.2 Å². The molecule has 6 heteroatoms. The minimum absolute atomic E-state index is 0.0959. The van der Waals surface area contributed by atoms with Crippen molar-refractivity contribution in [3.8, 4) is 17.7 Å². The summed E-state index contributed by atoms with van der Waals surface area (Å²) in [6.07, 6.45) is 0. The van der Waals surface area contributed by atoms with Crippen molar-refractivity contribution in [2.45, 2.75) is 32.6 Å². The Morgan fingerprint density at radius 3 is 2.92 bits per heavy atom. The molecule has 6 nitrogen and oxygen atoms in total. The van der Waals surface area contributed by atoms with Crippen molar-refractivity contribution in [1.82, 2.24) is 10.2 Å². The Kier molecular flexibility index (Phi) is 4.17. The van der Waals surface area contributed by atoms with Crippen LogP contribution in [-0.2, 0) is 0 Å². The molecule has 0 fully saturated rings. The Bertz CT molecular complexity index is 830. The second-order valence-electron chi connectivity index (χ2n) is 5.94. The van der Waals surface area contributed by atoms with Crippen LogP contribution in [0.2, 0.25) is 0 Å². The van der Waals surface area contributed by atoms with E-state index in [4.69, 9.17) is 15.2 Å². The number of ether oxygens (including phenoxy) is 2. The molecule has 1 atom stereocenters. The predicted octanol–water partition coefficient (Wildman–Crippen LogP) is 3.15. The van der Waals surface area contributed by atoms with E-state index in [0.717, 1.165) is 22.6 Å². The van der Waals surface area contributed by atoms with Crippen molar-refractivity contribution in [3.63, 3.8) is 0 Å². The van der Waals surface area contributed by atoms with Gasteiger partial charge in [-0.15, -0.1) is 5.10 Å². The lowest BCUT2D eigenvalue weighted by atomic mass is 9.82. The van der Waals surface area contributed by atoms with Gasteiger partial charge >= 0.3 is 0 Å². The summed E-state index contributed by atoms with van der Waals surface area (Å²) in [7, 11) is 0. The number of allylic oxidation sites excluding steroid dienone is 1. The molecule has 124 valence electrons. The van der Waals surface area contributed by atoms with Gasteiger partial charge in [0.15, 0.2) is 0 Å². The first-order valence-corrected chi connectivity index (χ1v) is 7.95. The molecule has 3 N–H and O–H groups in total. The Morgan fingerprint density at radius 2 is 2.25 bits per heavy atom. The summed E-state index contributed by atoms with van der Waals surface area (Å²) >= 11 is 0. The standard InChI is InChI=1S/C18H20N4O2/c1-4-23-12-7-5-6-11(8-12)14-13(9-19)17(20)24-18-15(14)16(10(2)3)21-22-18/h5-8,10,14H,4,20H2,1-3H3,(H,21,22)/t14-/m0/s1. The summed E-state index contributed by atoms with van der Waals surface area (Å²) < 4.78 is 11.2. The number of nitrogens with two attached hydrogens (primary N) is 1. The zero-order valence-electron chi connectivity index (χ0n) is 14.0. The highest BCUT2D eigenvalue weighted by Crippen LogP contribution is 2.44. The molecular weight excluding hydrogens is 304 g/mol. The summed E-state index contributed by atoms with van der Waals surface area (Å²) in [6, 6.07) is 9.90. The number of rotatable bonds is 4. The number of aromatic nitrogens is 2. The highest BCUT2D eigenvalue weighted by molar-refractivity contribution is 5.56. The van der Waals surface area contributed by atoms with Crippen LogP contribution in [0.25, 0.3) is 0 Å². The summed E-state index contributed by atoms with van der Waals surface area (Å²) in [5, 5.41) is 16.9. The van der Waals surface area contributed by atoms with Crippen LogP contribution in [0.15, 0.2) is 35.7 Å². The lowest BCUT2D eigenvalue weighted by Crippen LogP contribution is -2.21. The van der Waals surface area contributed by atoms with E-state index in [-0.39, 0.29) is 17.7 Å². The fourth-order valence-electron chi connectivity index (χ4n) is 2.99. The minimum atomic E-state index is -0.324. The summed E-state index contributed by atoms with van der Waals surface area (Å²) in [5.41, 5.74) is 9.08. The largest absolute Gasteiger partial charge is 0.494 e. The van der Waals surface area contributed by atoms with E-state index in [1.165, 1.54) is 0 Å². The molecule has 1 aromatic heterocycles. The highest BCUT2D eigenvalue weighted by atomic mass is 16.5. The topological polar surface area (TPSA) is 96.9 Å². The molecule has 0 radical (unpaired) electrons. The average Bonchev–Trinajstić information content (AvgIpc) is 2.97. The Morgan fingerprint density at radius 1 is 1.46 bits per heavy atom. The molecule has 2 heterocycles. The van der Waals surface area contributed by atoms with E-state index in [1.54, 1.807) is 0 Å². The van der Waals surface area contributed by atoms with Crippen molar-refractivity contribution in [1.29, 1.82) is 5.26 Å². The minimum Gasteiger partial charge on any atom is -0.494 e. The zero-order chi connectivity index (χ0) is 17.3. The van der Waals surface area contributed by atoms with Crippen molar-refractivity contribution in [2.24, 2.45) is 5.73 Å². The van der Waals surface area contributed by atoms with Gasteiger partial charge in [0.05, 0.1) is 18.1 Å². The number of hydrogen-bond donors (Lipinski definition) is 2. The number of aromatic amines is 1. The first-order valence-electron chi connectivity index (χ1n) is 7.95. The molecule has 0 aliphatic carbocycles. The predicted molar refractivity (Wildman–Crippen MR) is 89.6 cm³/mol. The molecule has 1 aliphatic rings. The molecular formula is C18H20N4O2. The third kappa shape index (κ3) is 2.58. The number of nitrogens with one attached hydrogen (secondary N) is 1. The van der Waals surface area contributed by atoms with Crippen LogP contribution in [0, 0.1) is 11.3 Å². The number of hydrogen-bond acceptors (Lipinski definition) is 5. The molecule has 2 aromatic rings. The molecule has 1 aromatic carbocycles. The Labute approximate surface area is 140 Å². The summed E-state index contributed by atoms with van der Waals surface area (Å²) in [6.45, 7) is 6.64. The fourth-order valence-corrected chi connectivity index (χ4v) is 2.99. The first kappa shape index (κ1) is 15.9. The molecule has 0 unspecified atom stereocenters. The van der Waals surface area contributed by atoms with Crippen molar-refractivity contribution >= 4 is 0 Å². The average molecular weight is 324 g/mol. The Balaban J connectivity index is 2.19. The van der Waals surface area contributed by atoms with Crippen LogP contribution in [-0.4, -0.2) is 16.8 Å². The van der Waals surface area contributed by atoms with Crippen molar-refractivity contribution in [2.75, 3.05) is 6.61 Å². The second-order valence-corrected chi connectivity index (χ2v) is 5.94. The molecule has 1 aliphatic heterocycles. The van der Waals surface area contributed by atoms with Gasteiger partial charge in [0.2, 0.25) is 11.8 Å². The van der Waals surface area contributed by atoms with Crippen LogP contribution in [0.1, 0.15) is 49.4 Å².